The van der Waals surface area contributed by atoms with E-state index < -0.39 is 0 Å². The van der Waals surface area contributed by atoms with Crippen LogP contribution in [-0.4, -0.2) is 30.6 Å². The number of ether oxygens (including phenoxy) is 2. The van der Waals surface area contributed by atoms with Gasteiger partial charge in [0.15, 0.2) is 11.5 Å². The summed E-state index contributed by atoms with van der Waals surface area (Å²) in [4.78, 5) is 14.7. The molecule has 1 fully saturated rings. The summed E-state index contributed by atoms with van der Waals surface area (Å²) in [5, 5.41) is 0. The van der Waals surface area contributed by atoms with Gasteiger partial charge in [0.05, 0.1) is 13.7 Å². The summed E-state index contributed by atoms with van der Waals surface area (Å²) >= 11 is 0. The minimum Gasteiger partial charge on any atom is -0.493 e. The van der Waals surface area contributed by atoms with Gasteiger partial charge in [0.1, 0.15) is 0 Å². The van der Waals surface area contributed by atoms with E-state index in [0.717, 1.165) is 24.0 Å². The van der Waals surface area contributed by atoms with Crippen molar-refractivity contribution in [2.24, 2.45) is 0 Å². The highest BCUT2D eigenvalue weighted by molar-refractivity contribution is 5.92. The molecule has 2 aromatic carbocycles. The molecule has 3 rings (SSSR count). The highest BCUT2D eigenvalue weighted by atomic mass is 16.5. The zero-order chi connectivity index (χ0) is 18.4. The maximum Gasteiger partial charge on any atom is 0.247 e. The summed E-state index contributed by atoms with van der Waals surface area (Å²) in [6.45, 7) is 3.15. The Morgan fingerprint density at radius 3 is 2.58 bits per heavy atom. The first-order valence-electron chi connectivity index (χ1n) is 9.04. The molecule has 1 amide bonds. The summed E-state index contributed by atoms with van der Waals surface area (Å²) in [7, 11) is 1.62. The lowest BCUT2D eigenvalue weighted by molar-refractivity contribution is -0.127. The van der Waals surface area contributed by atoms with Gasteiger partial charge in [-0.05, 0) is 49.1 Å². The number of benzene rings is 2. The third-order valence-corrected chi connectivity index (χ3v) is 4.37. The Kier molecular flexibility index (Phi) is 5.95. The Morgan fingerprint density at radius 1 is 1.15 bits per heavy atom. The predicted molar refractivity (Wildman–Crippen MR) is 103 cm³/mol. The maximum atomic E-state index is 12.7. The Bertz CT molecular complexity index is 766. The van der Waals surface area contributed by atoms with Crippen molar-refractivity contribution in [3.8, 4) is 11.5 Å². The largest absolute Gasteiger partial charge is 0.493 e. The molecule has 1 saturated carbocycles. The van der Waals surface area contributed by atoms with Crippen LogP contribution in [0.3, 0.4) is 0 Å². The maximum absolute atomic E-state index is 12.7. The summed E-state index contributed by atoms with van der Waals surface area (Å²) in [5.41, 5.74) is 2.07. The normalized spacial score (nSPS) is 13.6. The molecule has 4 heteroatoms. The van der Waals surface area contributed by atoms with E-state index in [9.17, 15) is 4.79 Å². The molecule has 0 spiro atoms. The first-order chi connectivity index (χ1) is 12.7. The summed E-state index contributed by atoms with van der Waals surface area (Å²) in [6.07, 6.45) is 5.66. The van der Waals surface area contributed by atoms with Crippen LogP contribution >= 0.6 is 0 Å². The molecule has 0 heterocycles. The van der Waals surface area contributed by atoms with E-state index in [0.29, 0.717) is 30.7 Å². The van der Waals surface area contributed by atoms with E-state index in [1.54, 1.807) is 13.2 Å². The van der Waals surface area contributed by atoms with Crippen LogP contribution in [0.5, 0.6) is 11.5 Å². The van der Waals surface area contributed by atoms with Crippen molar-refractivity contribution in [1.29, 1.82) is 0 Å². The van der Waals surface area contributed by atoms with Crippen LogP contribution in [0.2, 0.25) is 0 Å². The van der Waals surface area contributed by atoms with Crippen molar-refractivity contribution in [3.05, 3.63) is 65.7 Å². The van der Waals surface area contributed by atoms with E-state index in [2.05, 4.69) is 12.1 Å². The minimum atomic E-state index is 0.0464. The number of nitrogens with zero attached hydrogens (tertiary/aromatic N) is 1. The molecule has 0 bridgehead atoms. The van der Waals surface area contributed by atoms with Gasteiger partial charge in [-0.15, -0.1) is 0 Å². The lowest BCUT2D eigenvalue weighted by Gasteiger charge is -2.21. The minimum absolute atomic E-state index is 0.0464. The third kappa shape index (κ3) is 4.66. The average Bonchev–Trinajstić information content (AvgIpc) is 3.50. The van der Waals surface area contributed by atoms with Crippen LogP contribution in [0, 0.1) is 0 Å². The zero-order valence-electron chi connectivity index (χ0n) is 15.4. The van der Waals surface area contributed by atoms with Gasteiger partial charge in [-0.1, -0.05) is 36.4 Å². The SMILES string of the molecule is CCOc1cc(/C=C/C(=O)N(Cc2ccccc2)C2CC2)ccc1OC. The Labute approximate surface area is 155 Å². The smallest absolute Gasteiger partial charge is 0.247 e. The molecule has 1 aliphatic rings. The second-order valence-electron chi connectivity index (χ2n) is 6.36. The van der Waals surface area contributed by atoms with Gasteiger partial charge in [0, 0.05) is 18.7 Å². The summed E-state index contributed by atoms with van der Waals surface area (Å²) in [6, 6.07) is 16.2. The molecule has 0 radical (unpaired) electrons. The number of carbonyl (C=O) groups excluding carboxylic acids is 1. The number of hydrogen-bond acceptors (Lipinski definition) is 3. The average molecular weight is 351 g/mol. The lowest BCUT2D eigenvalue weighted by atomic mass is 10.1. The molecular formula is C22H25NO3. The predicted octanol–water partition coefficient (Wildman–Crippen LogP) is 4.30. The fourth-order valence-corrected chi connectivity index (χ4v) is 2.88. The second kappa shape index (κ2) is 8.56. The van der Waals surface area contributed by atoms with Crippen LogP contribution in [0.4, 0.5) is 0 Å². The summed E-state index contributed by atoms with van der Waals surface area (Å²) in [5.74, 6) is 1.43. The van der Waals surface area contributed by atoms with Crippen LogP contribution in [0.25, 0.3) is 6.08 Å². The number of carbonyl (C=O) groups is 1. The molecule has 136 valence electrons. The zero-order valence-corrected chi connectivity index (χ0v) is 15.4. The number of methoxy groups -OCH3 is 1. The first-order valence-corrected chi connectivity index (χ1v) is 9.04. The van der Waals surface area contributed by atoms with Crippen LogP contribution in [0.15, 0.2) is 54.6 Å². The quantitative estimate of drug-likeness (QED) is 0.666. The number of rotatable bonds is 8. The monoisotopic (exact) mass is 351 g/mol. The Morgan fingerprint density at radius 2 is 1.92 bits per heavy atom. The molecule has 1 aliphatic carbocycles. The molecule has 26 heavy (non-hydrogen) atoms. The van der Waals surface area contributed by atoms with Crippen molar-refractivity contribution < 1.29 is 14.3 Å². The molecule has 0 N–H and O–H groups in total. The molecular weight excluding hydrogens is 326 g/mol. The van der Waals surface area contributed by atoms with Crippen molar-refractivity contribution >= 4 is 12.0 Å². The van der Waals surface area contributed by atoms with Gasteiger partial charge in [0.25, 0.3) is 0 Å². The van der Waals surface area contributed by atoms with Crippen molar-refractivity contribution in [3.63, 3.8) is 0 Å². The second-order valence-corrected chi connectivity index (χ2v) is 6.36. The molecule has 4 nitrogen and oxygen atoms in total. The van der Waals surface area contributed by atoms with E-state index in [1.165, 1.54) is 0 Å². The van der Waals surface area contributed by atoms with Gasteiger partial charge >= 0.3 is 0 Å². The van der Waals surface area contributed by atoms with Crippen LogP contribution in [-0.2, 0) is 11.3 Å². The fourth-order valence-electron chi connectivity index (χ4n) is 2.88. The van der Waals surface area contributed by atoms with Crippen LogP contribution < -0.4 is 9.47 Å². The highest BCUT2D eigenvalue weighted by Gasteiger charge is 2.31. The van der Waals surface area contributed by atoms with Crippen molar-refractivity contribution in [2.45, 2.75) is 32.4 Å². The van der Waals surface area contributed by atoms with Gasteiger partial charge < -0.3 is 14.4 Å². The fraction of sp³-hybridized carbons (Fsp3) is 0.318. The van der Waals surface area contributed by atoms with Gasteiger partial charge in [-0.25, -0.2) is 0 Å². The molecule has 0 aromatic heterocycles. The summed E-state index contributed by atoms with van der Waals surface area (Å²) < 4.78 is 10.9. The Hall–Kier alpha value is -2.75. The number of amides is 1. The van der Waals surface area contributed by atoms with Crippen molar-refractivity contribution in [2.75, 3.05) is 13.7 Å². The first kappa shape index (κ1) is 18.1. The molecule has 0 unspecified atom stereocenters. The molecule has 0 saturated heterocycles. The van der Waals surface area contributed by atoms with E-state index in [1.807, 2.05) is 54.3 Å². The standard InChI is InChI=1S/C22H25NO3/c1-3-26-21-15-17(9-13-20(21)25-2)10-14-22(24)23(19-11-12-19)16-18-7-5-4-6-8-18/h4-10,13-15,19H,3,11-12,16H2,1-2H3/b14-10+. The van der Waals surface area contributed by atoms with Crippen LogP contribution in [0.1, 0.15) is 30.9 Å². The van der Waals surface area contributed by atoms with E-state index in [-0.39, 0.29) is 5.91 Å². The van der Waals surface area contributed by atoms with Gasteiger partial charge in [-0.3, -0.25) is 4.79 Å². The number of hydrogen-bond donors (Lipinski definition) is 0. The highest BCUT2D eigenvalue weighted by Crippen LogP contribution is 2.30. The Balaban J connectivity index is 1.71. The van der Waals surface area contributed by atoms with Crippen molar-refractivity contribution in [1.82, 2.24) is 4.90 Å². The molecule has 0 atom stereocenters. The van der Waals surface area contributed by atoms with E-state index in [4.69, 9.17) is 9.47 Å². The lowest BCUT2D eigenvalue weighted by Crippen LogP contribution is -2.31. The molecule has 2 aromatic rings. The third-order valence-electron chi connectivity index (χ3n) is 4.37. The topological polar surface area (TPSA) is 38.8 Å². The van der Waals surface area contributed by atoms with E-state index >= 15 is 0 Å². The molecule has 0 aliphatic heterocycles. The van der Waals surface area contributed by atoms with Gasteiger partial charge in [-0.2, -0.15) is 0 Å². The van der Waals surface area contributed by atoms with Gasteiger partial charge in [0.2, 0.25) is 5.91 Å².